The van der Waals surface area contributed by atoms with Gasteiger partial charge in [0.15, 0.2) is 0 Å². The van der Waals surface area contributed by atoms with Crippen molar-refractivity contribution < 1.29 is 22.0 Å². The molecular weight excluding hydrogens is 383 g/mol. The molecule has 0 atom stereocenters. The highest BCUT2D eigenvalue weighted by molar-refractivity contribution is 5.65. The number of alkyl halides is 3. The lowest BCUT2D eigenvalue weighted by Crippen LogP contribution is -2.03. The third kappa shape index (κ3) is 5.03. The van der Waals surface area contributed by atoms with Gasteiger partial charge in [0.2, 0.25) is 0 Å². The molecule has 0 fully saturated rings. The molecular formula is C24H17F5. The van der Waals surface area contributed by atoms with E-state index in [0.717, 1.165) is 18.6 Å². The van der Waals surface area contributed by atoms with Gasteiger partial charge >= 0.3 is 6.18 Å². The van der Waals surface area contributed by atoms with Gasteiger partial charge in [0.05, 0.1) is 11.1 Å². The molecule has 0 amide bonds. The standard InChI is InChI=1S/C24H17F5/c1-2-3-17-14-22(25)21(23(26)15-17)13-6-16-4-7-18(8-5-16)19-9-11-20(12-10-19)24(27,28)29/h4-5,7-12,14-15H,2-3H2,1H3. The second-order valence-corrected chi connectivity index (χ2v) is 6.59. The zero-order valence-corrected chi connectivity index (χ0v) is 15.6. The summed E-state index contributed by atoms with van der Waals surface area (Å²) in [6.07, 6.45) is -3.00. The van der Waals surface area contributed by atoms with Crippen LogP contribution in [-0.4, -0.2) is 0 Å². The highest BCUT2D eigenvalue weighted by Crippen LogP contribution is 2.31. The summed E-state index contributed by atoms with van der Waals surface area (Å²) in [4.78, 5) is 0. The molecule has 3 aromatic carbocycles. The van der Waals surface area contributed by atoms with E-state index < -0.39 is 23.4 Å². The minimum atomic E-state index is -4.38. The molecule has 0 saturated carbocycles. The van der Waals surface area contributed by atoms with E-state index in [-0.39, 0.29) is 5.56 Å². The zero-order valence-electron chi connectivity index (χ0n) is 15.6. The third-order valence-electron chi connectivity index (χ3n) is 4.40. The summed E-state index contributed by atoms with van der Waals surface area (Å²) < 4.78 is 66.2. The summed E-state index contributed by atoms with van der Waals surface area (Å²) in [7, 11) is 0. The molecule has 0 unspecified atom stereocenters. The Morgan fingerprint density at radius 2 is 1.28 bits per heavy atom. The van der Waals surface area contributed by atoms with E-state index in [1.54, 1.807) is 24.3 Å². The maximum atomic E-state index is 14.1. The molecule has 0 radical (unpaired) electrons. The first-order chi connectivity index (χ1) is 13.8. The fourth-order valence-corrected chi connectivity index (χ4v) is 2.91. The van der Waals surface area contributed by atoms with Crippen LogP contribution < -0.4 is 0 Å². The predicted octanol–water partition coefficient (Wildman–Crippen LogP) is 7.00. The molecule has 0 saturated heterocycles. The maximum absolute atomic E-state index is 14.1. The predicted molar refractivity (Wildman–Crippen MR) is 103 cm³/mol. The normalized spacial score (nSPS) is 11.1. The fraction of sp³-hybridized carbons (Fsp3) is 0.167. The van der Waals surface area contributed by atoms with Crippen LogP contribution in [0.5, 0.6) is 0 Å². The second-order valence-electron chi connectivity index (χ2n) is 6.59. The van der Waals surface area contributed by atoms with Crippen LogP contribution in [0.15, 0.2) is 60.7 Å². The Bertz CT molecular complexity index is 1030. The number of aryl methyl sites for hydroxylation is 1. The van der Waals surface area contributed by atoms with E-state index in [1.807, 2.05) is 6.92 Å². The number of rotatable bonds is 3. The summed E-state index contributed by atoms with van der Waals surface area (Å²) in [5.74, 6) is 3.86. The number of benzene rings is 3. The second kappa shape index (κ2) is 8.48. The van der Waals surface area contributed by atoms with Crippen molar-refractivity contribution >= 4 is 0 Å². The first-order valence-electron chi connectivity index (χ1n) is 9.05. The minimum absolute atomic E-state index is 0.281. The van der Waals surface area contributed by atoms with Crippen LogP contribution in [-0.2, 0) is 12.6 Å². The van der Waals surface area contributed by atoms with Crippen LogP contribution in [0.2, 0.25) is 0 Å². The molecule has 29 heavy (non-hydrogen) atoms. The Morgan fingerprint density at radius 3 is 1.76 bits per heavy atom. The van der Waals surface area contributed by atoms with Crippen LogP contribution in [0.1, 0.15) is 35.6 Å². The Labute approximate surface area is 166 Å². The summed E-state index contributed by atoms with van der Waals surface area (Å²) >= 11 is 0. The largest absolute Gasteiger partial charge is 0.416 e. The highest BCUT2D eigenvalue weighted by Gasteiger charge is 2.29. The molecule has 0 spiro atoms. The number of halogens is 5. The smallest absolute Gasteiger partial charge is 0.206 e. The van der Waals surface area contributed by atoms with Crippen LogP contribution in [0.3, 0.4) is 0 Å². The molecule has 3 rings (SSSR count). The summed E-state index contributed by atoms with van der Waals surface area (Å²) in [6, 6.07) is 14.1. The molecule has 0 bridgehead atoms. The van der Waals surface area contributed by atoms with Crippen molar-refractivity contribution in [2.24, 2.45) is 0 Å². The summed E-state index contributed by atoms with van der Waals surface area (Å²) in [5, 5.41) is 0. The third-order valence-corrected chi connectivity index (χ3v) is 4.40. The quantitative estimate of drug-likeness (QED) is 0.328. The van der Waals surface area contributed by atoms with E-state index in [1.165, 1.54) is 24.3 Å². The van der Waals surface area contributed by atoms with Gasteiger partial charge in [-0.2, -0.15) is 13.2 Å². The van der Waals surface area contributed by atoms with Crippen molar-refractivity contribution in [3.05, 3.63) is 94.6 Å². The Kier molecular flexibility index (Phi) is 6.03. The fourth-order valence-electron chi connectivity index (χ4n) is 2.91. The van der Waals surface area contributed by atoms with Crippen molar-refractivity contribution in [2.45, 2.75) is 25.9 Å². The van der Waals surface area contributed by atoms with Crippen LogP contribution in [0, 0.1) is 23.5 Å². The van der Waals surface area contributed by atoms with Gasteiger partial charge in [-0.05, 0) is 59.5 Å². The van der Waals surface area contributed by atoms with Gasteiger partial charge < -0.3 is 0 Å². The molecule has 5 heteroatoms. The van der Waals surface area contributed by atoms with Gasteiger partial charge in [-0.1, -0.05) is 49.5 Å². The zero-order chi connectivity index (χ0) is 21.0. The average molecular weight is 400 g/mol. The summed E-state index contributed by atoms with van der Waals surface area (Å²) in [6.45, 7) is 1.93. The Hall–Kier alpha value is -3.13. The van der Waals surface area contributed by atoms with Crippen molar-refractivity contribution in [1.82, 2.24) is 0 Å². The van der Waals surface area contributed by atoms with Crippen molar-refractivity contribution in [1.29, 1.82) is 0 Å². The Balaban J connectivity index is 1.80. The van der Waals surface area contributed by atoms with Crippen molar-refractivity contribution in [3.63, 3.8) is 0 Å². The maximum Gasteiger partial charge on any atom is 0.416 e. The van der Waals surface area contributed by atoms with E-state index >= 15 is 0 Å². The van der Waals surface area contributed by atoms with E-state index in [9.17, 15) is 22.0 Å². The van der Waals surface area contributed by atoms with Gasteiger partial charge in [0, 0.05) is 5.56 Å². The monoisotopic (exact) mass is 400 g/mol. The SMILES string of the molecule is CCCc1cc(F)c(C#Cc2ccc(-c3ccc(C(F)(F)F)cc3)cc2)c(F)c1. The molecule has 0 aromatic heterocycles. The van der Waals surface area contributed by atoms with Gasteiger partial charge in [-0.15, -0.1) is 0 Å². The van der Waals surface area contributed by atoms with E-state index in [4.69, 9.17) is 0 Å². The molecule has 0 N–H and O–H groups in total. The molecule has 3 aromatic rings. The summed E-state index contributed by atoms with van der Waals surface area (Å²) in [5.41, 5.74) is 1.48. The lowest BCUT2D eigenvalue weighted by atomic mass is 10.0. The van der Waals surface area contributed by atoms with Gasteiger partial charge in [0.25, 0.3) is 0 Å². The van der Waals surface area contributed by atoms with Crippen molar-refractivity contribution in [2.75, 3.05) is 0 Å². The molecule has 0 aliphatic carbocycles. The van der Waals surface area contributed by atoms with Gasteiger partial charge in [-0.3, -0.25) is 0 Å². The van der Waals surface area contributed by atoms with Gasteiger partial charge in [0.1, 0.15) is 11.6 Å². The molecule has 148 valence electrons. The van der Waals surface area contributed by atoms with E-state index in [2.05, 4.69) is 11.8 Å². The average Bonchev–Trinajstić information content (AvgIpc) is 2.67. The Morgan fingerprint density at radius 1 is 0.759 bits per heavy atom. The lowest BCUT2D eigenvalue weighted by molar-refractivity contribution is -0.137. The minimum Gasteiger partial charge on any atom is -0.206 e. The lowest BCUT2D eigenvalue weighted by Gasteiger charge is -2.07. The van der Waals surface area contributed by atoms with Crippen LogP contribution in [0.4, 0.5) is 22.0 Å². The van der Waals surface area contributed by atoms with E-state index in [0.29, 0.717) is 28.7 Å². The molecule has 0 aliphatic heterocycles. The number of hydrogen-bond acceptors (Lipinski definition) is 0. The topological polar surface area (TPSA) is 0 Å². The van der Waals surface area contributed by atoms with Crippen molar-refractivity contribution in [3.8, 4) is 23.0 Å². The van der Waals surface area contributed by atoms with Crippen LogP contribution >= 0.6 is 0 Å². The van der Waals surface area contributed by atoms with Gasteiger partial charge in [-0.25, -0.2) is 8.78 Å². The molecule has 0 aliphatic rings. The molecule has 0 nitrogen and oxygen atoms in total. The van der Waals surface area contributed by atoms with Crippen LogP contribution in [0.25, 0.3) is 11.1 Å². The first-order valence-corrected chi connectivity index (χ1v) is 9.05. The molecule has 0 heterocycles. The number of hydrogen-bond donors (Lipinski definition) is 0. The highest BCUT2D eigenvalue weighted by atomic mass is 19.4. The first kappa shape index (κ1) is 20.6.